The number of rotatable bonds is 6. The van der Waals surface area contributed by atoms with Crippen LogP contribution in [-0.2, 0) is 11.3 Å². The molecule has 0 fully saturated rings. The van der Waals surface area contributed by atoms with Crippen LogP contribution in [0.25, 0.3) is 17.3 Å². The zero-order valence-corrected chi connectivity index (χ0v) is 15.8. The molecule has 0 radical (unpaired) electrons. The lowest BCUT2D eigenvalue weighted by Gasteiger charge is -2.05. The Hall–Kier alpha value is -3.67. The predicted molar refractivity (Wildman–Crippen MR) is 110 cm³/mol. The zero-order chi connectivity index (χ0) is 20.1. The Morgan fingerprint density at radius 1 is 1.25 bits per heavy atom. The second-order valence-electron chi connectivity index (χ2n) is 6.55. The largest absolute Gasteiger partial charge is 0.473 e. The van der Waals surface area contributed by atoms with Crippen molar-refractivity contribution in [2.75, 3.05) is 0 Å². The number of aromatic nitrogens is 2. The first-order valence-corrected chi connectivity index (χ1v) is 8.83. The van der Waals surface area contributed by atoms with Gasteiger partial charge in [0.1, 0.15) is 12.4 Å². The van der Waals surface area contributed by atoms with E-state index in [1.807, 2.05) is 50.2 Å². The molecule has 0 aliphatic carbocycles. The number of carbonyl (C=O) groups is 1. The Morgan fingerprint density at radius 3 is 2.79 bits per heavy atom. The summed E-state index contributed by atoms with van der Waals surface area (Å²) in [6, 6.07) is 13.4. The molecule has 142 valence electrons. The monoisotopic (exact) mass is 374 g/mol. The molecule has 0 unspecified atom stereocenters. The van der Waals surface area contributed by atoms with E-state index in [1.165, 1.54) is 0 Å². The van der Waals surface area contributed by atoms with Crippen molar-refractivity contribution < 1.29 is 9.53 Å². The molecule has 4 N–H and O–H groups in total. The summed E-state index contributed by atoms with van der Waals surface area (Å²) in [7, 11) is 0. The third-order valence-electron chi connectivity index (χ3n) is 4.27. The third-order valence-corrected chi connectivity index (χ3v) is 4.27. The number of aryl methyl sites for hydroxylation is 2. The molecule has 6 nitrogen and oxygen atoms in total. The normalized spacial score (nSPS) is 10.9. The van der Waals surface area contributed by atoms with Gasteiger partial charge in [0.25, 0.3) is 0 Å². The molecule has 1 amide bonds. The van der Waals surface area contributed by atoms with Crippen LogP contribution in [0.5, 0.6) is 0 Å². The first-order valence-electron chi connectivity index (χ1n) is 8.83. The lowest BCUT2D eigenvalue weighted by molar-refractivity contribution is 0.0999. The van der Waals surface area contributed by atoms with Gasteiger partial charge in [0.2, 0.25) is 11.8 Å². The second kappa shape index (κ2) is 8.35. The Balaban J connectivity index is 1.63. The fourth-order valence-electron chi connectivity index (χ4n) is 2.84. The van der Waals surface area contributed by atoms with Gasteiger partial charge in [-0.15, -0.1) is 0 Å². The van der Waals surface area contributed by atoms with E-state index in [1.54, 1.807) is 24.4 Å². The van der Waals surface area contributed by atoms with Gasteiger partial charge < -0.3 is 15.5 Å². The van der Waals surface area contributed by atoms with Crippen LogP contribution in [0.3, 0.4) is 0 Å². The van der Waals surface area contributed by atoms with Crippen LogP contribution < -0.4 is 5.73 Å². The molecule has 0 saturated heterocycles. The van der Waals surface area contributed by atoms with Crippen molar-refractivity contribution in [3.05, 3.63) is 82.8 Å². The fourth-order valence-corrected chi connectivity index (χ4v) is 2.84. The van der Waals surface area contributed by atoms with Gasteiger partial charge in [0.15, 0.2) is 0 Å². The van der Waals surface area contributed by atoms with Crippen LogP contribution in [0, 0.1) is 19.3 Å². The van der Waals surface area contributed by atoms with E-state index in [9.17, 15) is 4.79 Å². The van der Waals surface area contributed by atoms with Crippen molar-refractivity contribution in [1.29, 1.82) is 5.41 Å². The van der Waals surface area contributed by atoms with E-state index in [-0.39, 0.29) is 5.90 Å². The minimum Gasteiger partial charge on any atom is -0.473 e. The van der Waals surface area contributed by atoms with E-state index < -0.39 is 5.91 Å². The summed E-state index contributed by atoms with van der Waals surface area (Å²) in [5.41, 5.74) is 10.5. The number of amides is 1. The number of carbonyl (C=O) groups excluding carboxylic acids is 1. The second-order valence-corrected chi connectivity index (χ2v) is 6.55. The molecule has 0 aliphatic heterocycles. The third kappa shape index (κ3) is 4.73. The van der Waals surface area contributed by atoms with Crippen LogP contribution in [0.15, 0.2) is 54.7 Å². The predicted octanol–water partition coefficient (Wildman–Crippen LogP) is 4.00. The number of H-pyrrole nitrogens is 1. The smallest absolute Gasteiger partial charge is 0.248 e. The number of ether oxygens (including phenoxy) is 1. The SMILES string of the molecule is Cc1cccc(COC(=N)/C=C\c2ncc(-c3ccc(C(N)=O)c(C)c3)[nH]2)c1. The molecule has 0 aliphatic rings. The number of hydrogen-bond acceptors (Lipinski definition) is 4. The molecule has 0 bridgehead atoms. The molecule has 1 aromatic heterocycles. The summed E-state index contributed by atoms with van der Waals surface area (Å²) in [6.45, 7) is 4.21. The van der Waals surface area contributed by atoms with E-state index in [0.29, 0.717) is 18.0 Å². The highest BCUT2D eigenvalue weighted by molar-refractivity contribution is 5.94. The number of nitrogens with one attached hydrogen (secondary N) is 2. The van der Waals surface area contributed by atoms with Gasteiger partial charge in [0.05, 0.1) is 11.9 Å². The van der Waals surface area contributed by atoms with E-state index in [2.05, 4.69) is 9.97 Å². The topological polar surface area (TPSA) is 105 Å². The fraction of sp³-hybridized carbons (Fsp3) is 0.136. The maximum atomic E-state index is 11.3. The van der Waals surface area contributed by atoms with Gasteiger partial charge in [-0.2, -0.15) is 0 Å². The van der Waals surface area contributed by atoms with Gasteiger partial charge >= 0.3 is 0 Å². The molecule has 6 heteroatoms. The summed E-state index contributed by atoms with van der Waals surface area (Å²) in [4.78, 5) is 18.8. The molecular formula is C22H22N4O2. The molecule has 3 rings (SSSR count). The van der Waals surface area contributed by atoms with Crippen LogP contribution in [-0.4, -0.2) is 21.8 Å². The maximum absolute atomic E-state index is 11.3. The number of benzene rings is 2. The highest BCUT2D eigenvalue weighted by Crippen LogP contribution is 2.21. The Bertz CT molecular complexity index is 1050. The van der Waals surface area contributed by atoms with Gasteiger partial charge in [-0.05, 0) is 48.7 Å². The average molecular weight is 374 g/mol. The zero-order valence-electron chi connectivity index (χ0n) is 15.8. The molecular weight excluding hydrogens is 352 g/mol. The number of nitrogens with zero attached hydrogens (tertiary/aromatic N) is 1. The number of primary amides is 1. The number of nitrogens with two attached hydrogens (primary N) is 1. The number of hydrogen-bond donors (Lipinski definition) is 3. The summed E-state index contributed by atoms with van der Waals surface area (Å²) in [5.74, 6) is 0.220. The quantitative estimate of drug-likeness (QED) is 0.448. The Labute approximate surface area is 163 Å². The average Bonchev–Trinajstić information content (AvgIpc) is 3.13. The molecule has 0 atom stereocenters. The minimum atomic E-state index is -0.443. The van der Waals surface area contributed by atoms with Crippen LogP contribution in [0.2, 0.25) is 0 Å². The van der Waals surface area contributed by atoms with Gasteiger partial charge in [-0.25, -0.2) is 4.98 Å². The van der Waals surface area contributed by atoms with Crippen LogP contribution in [0.4, 0.5) is 0 Å². The maximum Gasteiger partial charge on any atom is 0.248 e. The summed E-state index contributed by atoms with van der Waals surface area (Å²) in [5, 5.41) is 7.91. The summed E-state index contributed by atoms with van der Waals surface area (Å²) in [6.07, 6.45) is 4.95. The van der Waals surface area contributed by atoms with Gasteiger partial charge in [-0.3, -0.25) is 10.2 Å². The summed E-state index contributed by atoms with van der Waals surface area (Å²) < 4.78 is 5.46. The van der Waals surface area contributed by atoms with Crippen molar-refractivity contribution in [1.82, 2.24) is 9.97 Å². The Kier molecular flexibility index (Phi) is 5.69. The Morgan fingerprint density at radius 2 is 2.07 bits per heavy atom. The van der Waals surface area contributed by atoms with Crippen molar-refractivity contribution in [3.63, 3.8) is 0 Å². The number of imidazole rings is 1. The molecule has 0 saturated carbocycles. The van der Waals surface area contributed by atoms with Gasteiger partial charge in [0, 0.05) is 11.6 Å². The van der Waals surface area contributed by atoms with Crippen LogP contribution in [0.1, 0.15) is 32.9 Å². The first kappa shape index (κ1) is 19.1. The van der Waals surface area contributed by atoms with Gasteiger partial charge in [-0.1, -0.05) is 35.9 Å². The van der Waals surface area contributed by atoms with E-state index in [4.69, 9.17) is 15.9 Å². The molecule has 28 heavy (non-hydrogen) atoms. The number of aromatic amines is 1. The summed E-state index contributed by atoms with van der Waals surface area (Å²) >= 11 is 0. The molecule has 1 heterocycles. The standard InChI is InChI=1S/C22H22N4O2/c1-14-4-3-5-16(10-14)13-28-20(23)8-9-21-25-12-19(26-21)17-6-7-18(22(24)27)15(2)11-17/h3-12,23H,13H2,1-2H3,(H2,24,27)(H,25,26)/b9-8-,23-20?. The van der Waals surface area contributed by atoms with E-state index >= 15 is 0 Å². The minimum absolute atomic E-state index is 0.0566. The van der Waals surface area contributed by atoms with Crippen molar-refractivity contribution in [3.8, 4) is 11.3 Å². The van der Waals surface area contributed by atoms with Crippen molar-refractivity contribution in [2.24, 2.45) is 5.73 Å². The highest BCUT2D eigenvalue weighted by atomic mass is 16.5. The lowest BCUT2D eigenvalue weighted by Crippen LogP contribution is -2.12. The molecule has 0 spiro atoms. The van der Waals surface area contributed by atoms with Crippen molar-refractivity contribution in [2.45, 2.75) is 20.5 Å². The molecule has 3 aromatic rings. The molecule has 2 aromatic carbocycles. The van der Waals surface area contributed by atoms with Crippen LogP contribution >= 0.6 is 0 Å². The lowest BCUT2D eigenvalue weighted by atomic mass is 10.0. The van der Waals surface area contributed by atoms with E-state index in [0.717, 1.165) is 27.9 Å². The highest BCUT2D eigenvalue weighted by Gasteiger charge is 2.08. The van der Waals surface area contributed by atoms with Crippen molar-refractivity contribution >= 4 is 17.9 Å². The first-order chi connectivity index (χ1) is 13.4.